The molecule has 0 bridgehead atoms. The first kappa shape index (κ1) is 12.1. The minimum atomic E-state index is 0.1000. The van der Waals surface area contributed by atoms with Gasteiger partial charge in [0.2, 0.25) is 0 Å². The minimum Gasteiger partial charge on any atom is -0.464 e. The van der Waals surface area contributed by atoms with Gasteiger partial charge in [0.1, 0.15) is 11.5 Å². The van der Waals surface area contributed by atoms with E-state index in [4.69, 9.17) is 16.0 Å². The lowest BCUT2D eigenvalue weighted by molar-refractivity contribution is 0.467. The first-order valence-corrected chi connectivity index (χ1v) is 6.03. The monoisotopic (exact) mass is 249 g/mol. The summed E-state index contributed by atoms with van der Waals surface area (Å²) in [4.78, 5) is 0. The molecule has 0 saturated carbocycles. The van der Waals surface area contributed by atoms with Gasteiger partial charge in [-0.1, -0.05) is 17.7 Å². The third kappa shape index (κ3) is 2.83. The molecule has 1 aromatic heterocycles. The van der Waals surface area contributed by atoms with Gasteiger partial charge in [0.15, 0.2) is 0 Å². The van der Waals surface area contributed by atoms with Crippen molar-refractivity contribution >= 4 is 17.3 Å². The second kappa shape index (κ2) is 4.84. The maximum absolute atomic E-state index is 6.14. The highest BCUT2D eigenvalue weighted by Gasteiger charge is 2.10. The smallest absolute Gasteiger partial charge is 0.126 e. The molecule has 0 aliphatic heterocycles. The fraction of sp³-hybridized carbons (Fsp3) is 0.286. The summed E-state index contributed by atoms with van der Waals surface area (Å²) in [7, 11) is 0. The lowest BCUT2D eigenvalue weighted by Crippen LogP contribution is -2.06. The largest absolute Gasteiger partial charge is 0.464 e. The second-order valence-electron chi connectivity index (χ2n) is 4.30. The number of halogens is 1. The summed E-state index contributed by atoms with van der Waals surface area (Å²) >= 11 is 6.14. The number of nitrogens with one attached hydrogen (secondary N) is 1. The van der Waals surface area contributed by atoms with Crippen LogP contribution < -0.4 is 5.32 Å². The van der Waals surface area contributed by atoms with Crippen LogP contribution in [0.25, 0.3) is 0 Å². The Balaban J connectivity index is 2.18. The van der Waals surface area contributed by atoms with Crippen LogP contribution in [0.2, 0.25) is 5.02 Å². The first-order valence-electron chi connectivity index (χ1n) is 5.65. The number of hydrogen-bond donors (Lipinski definition) is 1. The van der Waals surface area contributed by atoms with Crippen molar-refractivity contribution in [1.29, 1.82) is 0 Å². The highest BCUT2D eigenvalue weighted by molar-refractivity contribution is 6.33. The van der Waals surface area contributed by atoms with Crippen LogP contribution in [-0.4, -0.2) is 0 Å². The Morgan fingerprint density at radius 3 is 2.59 bits per heavy atom. The summed E-state index contributed by atoms with van der Waals surface area (Å²) in [5.74, 6) is 1.84. The zero-order chi connectivity index (χ0) is 12.4. The molecule has 0 saturated heterocycles. The quantitative estimate of drug-likeness (QED) is 0.851. The Labute approximate surface area is 107 Å². The van der Waals surface area contributed by atoms with Gasteiger partial charge in [-0.15, -0.1) is 0 Å². The van der Waals surface area contributed by atoms with Gasteiger partial charge in [0.05, 0.1) is 16.8 Å². The molecule has 1 heterocycles. The van der Waals surface area contributed by atoms with Crippen LogP contribution in [0, 0.1) is 13.8 Å². The Bertz CT molecular complexity index is 519. The molecule has 0 fully saturated rings. The molecule has 1 unspecified atom stereocenters. The Kier molecular flexibility index (Phi) is 3.43. The van der Waals surface area contributed by atoms with E-state index in [1.807, 2.05) is 44.2 Å². The van der Waals surface area contributed by atoms with E-state index >= 15 is 0 Å². The number of hydrogen-bond acceptors (Lipinski definition) is 2. The van der Waals surface area contributed by atoms with Gasteiger partial charge in [-0.3, -0.25) is 0 Å². The van der Waals surface area contributed by atoms with E-state index in [1.54, 1.807) is 0 Å². The van der Waals surface area contributed by atoms with E-state index in [0.717, 1.165) is 22.2 Å². The highest BCUT2D eigenvalue weighted by atomic mass is 35.5. The Morgan fingerprint density at radius 1 is 1.18 bits per heavy atom. The Morgan fingerprint density at radius 2 is 1.94 bits per heavy atom. The molecule has 0 spiro atoms. The fourth-order valence-corrected chi connectivity index (χ4v) is 1.91. The predicted molar refractivity (Wildman–Crippen MR) is 71.7 cm³/mol. The summed E-state index contributed by atoms with van der Waals surface area (Å²) in [6.45, 7) is 6.04. The zero-order valence-corrected chi connectivity index (χ0v) is 11.0. The van der Waals surface area contributed by atoms with Crippen molar-refractivity contribution in [2.24, 2.45) is 0 Å². The van der Waals surface area contributed by atoms with Crippen LogP contribution in [0.5, 0.6) is 0 Å². The molecule has 2 aromatic rings. The third-order valence-electron chi connectivity index (χ3n) is 2.68. The lowest BCUT2D eigenvalue weighted by Gasteiger charge is -2.14. The summed E-state index contributed by atoms with van der Waals surface area (Å²) in [6, 6.07) is 9.98. The fourth-order valence-electron chi connectivity index (χ4n) is 1.74. The molecule has 1 atom stereocenters. The van der Waals surface area contributed by atoms with E-state index in [9.17, 15) is 0 Å². The standard InChI is InChI=1S/C14H16ClNO/c1-9-4-6-12(15)13(8-9)16-11(3)14-7-5-10(2)17-14/h4-8,11,16H,1-3H3. The van der Waals surface area contributed by atoms with E-state index < -0.39 is 0 Å². The molecule has 90 valence electrons. The number of anilines is 1. The number of aryl methyl sites for hydroxylation is 2. The topological polar surface area (TPSA) is 25.2 Å². The Hall–Kier alpha value is -1.41. The molecule has 1 aromatic carbocycles. The predicted octanol–water partition coefficient (Wildman–Crippen LogP) is 4.72. The van der Waals surface area contributed by atoms with Crippen LogP contribution in [0.15, 0.2) is 34.7 Å². The third-order valence-corrected chi connectivity index (χ3v) is 3.01. The highest BCUT2D eigenvalue weighted by Crippen LogP contribution is 2.27. The lowest BCUT2D eigenvalue weighted by atomic mass is 10.2. The van der Waals surface area contributed by atoms with Crippen molar-refractivity contribution < 1.29 is 4.42 Å². The summed E-state index contributed by atoms with van der Waals surface area (Å²) in [5, 5.41) is 4.08. The van der Waals surface area contributed by atoms with Crippen LogP contribution in [0.4, 0.5) is 5.69 Å². The van der Waals surface area contributed by atoms with Crippen molar-refractivity contribution in [3.63, 3.8) is 0 Å². The molecule has 17 heavy (non-hydrogen) atoms. The molecule has 0 aliphatic rings. The van der Waals surface area contributed by atoms with Crippen LogP contribution in [-0.2, 0) is 0 Å². The molecule has 0 radical (unpaired) electrons. The second-order valence-corrected chi connectivity index (χ2v) is 4.70. The molecule has 0 amide bonds. The maximum atomic E-state index is 6.14. The average molecular weight is 250 g/mol. The van der Waals surface area contributed by atoms with E-state index in [2.05, 4.69) is 12.2 Å². The van der Waals surface area contributed by atoms with E-state index in [0.29, 0.717) is 0 Å². The van der Waals surface area contributed by atoms with Gasteiger partial charge in [0, 0.05) is 0 Å². The van der Waals surface area contributed by atoms with Crippen molar-refractivity contribution in [3.8, 4) is 0 Å². The SMILES string of the molecule is Cc1ccc(Cl)c(NC(C)c2ccc(C)o2)c1. The van der Waals surface area contributed by atoms with Crippen LogP contribution in [0.3, 0.4) is 0 Å². The molecule has 0 aliphatic carbocycles. The van der Waals surface area contributed by atoms with Gasteiger partial charge in [0.25, 0.3) is 0 Å². The molecule has 2 nitrogen and oxygen atoms in total. The molecular weight excluding hydrogens is 234 g/mol. The molecular formula is C14H16ClNO. The summed E-state index contributed by atoms with van der Waals surface area (Å²) in [6.07, 6.45) is 0. The van der Waals surface area contributed by atoms with E-state index in [-0.39, 0.29) is 6.04 Å². The minimum absolute atomic E-state index is 0.1000. The normalized spacial score (nSPS) is 12.5. The molecule has 2 rings (SSSR count). The number of furan rings is 1. The molecule has 1 N–H and O–H groups in total. The van der Waals surface area contributed by atoms with Crippen LogP contribution in [0.1, 0.15) is 30.0 Å². The summed E-state index contributed by atoms with van der Waals surface area (Å²) < 4.78 is 5.58. The van der Waals surface area contributed by atoms with Gasteiger partial charge < -0.3 is 9.73 Å². The van der Waals surface area contributed by atoms with Crippen molar-refractivity contribution in [2.75, 3.05) is 5.32 Å². The van der Waals surface area contributed by atoms with Gasteiger partial charge in [-0.05, 0) is 50.6 Å². The van der Waals surface area contributed by atoms with Crippen molar-refractivity contribution in [3.05, 3.63) is 52.4 Å². The van der Waals surface area contributed by atoms with Gasteiger partial charge >= 0.3 is 0 Å². The van der Waals surface area contributed by atoms with Gasteiger partial charge in [-0.2, -0.15) is 0 Å². The summed E-state index contributed by atoms with van der Waals surface area (Å²) in [5.41, 5.74) is 2.12. The van der Waals surface area contributed by atoms with Gasteiger partial charge in [-0.25, -0.2) is 0 Å². The molecule has 3 heteroatoms. The first-order chi connectivity index (χ1) is 8.06. The number of rotatable bonds is 3. The van der Waals surface area contributed by atoms with Crippen LogP contribution >= 0.6 is 11.6 Å². The van der Waals surface area contributed by atoms with E-state index in [1.165, 1.54) is 5.56 Å². The van der Waals surface area contributed by atoms with Crippen molar-refractivity contribution in [1.82, 2.24) is 0 Å². The maximum Gasteiger partial charge on any atom is 0.126 e. The number of benzene rings is 1. The average Bonchev–Trinajstić information content (AvgIpc) is 2.70. The zero-order valence-electron chi connectivity index (χ0n) is 10.3. The van der Waals surface area contributed by atoms with Crippen molar-refractivity contribution in [2.45, 2.75) is 26.8 Å².